The molecule has 0 aromatic heterocycles. The highest BCUT2D eigenvalue weighted by Crippen LogP contribution is 2.48. The summed E-state index contributed by atoms with van der Waals surface area (Å²) in [5.74, 6) is -2.30. The molecule has 0 aromatic rings. The van der Waals surface area contributed by atoms with Crippen LogP contribution in [0, 0.1) is 11.3 Å². The predicted molar refractivity (Wildman–Crippen MR) is 49.7 cm³/mol. The molecule has 1 aliphatic rings. The summed E-state index contributed by atoms with van der Waals surface area (Å²) in [5, 5.41) is 0. The Bertz CT molecular complexity index is 343. The van der Waals surface area contributed by atoms with Crippen LogP contribution in [0.4, 0.5) is 13.2 Å². The maximum atomic E-state index is 12.8. The van der Waals surface area contributed by atoms with Gasteiger partial charge in [-0.05, 0) is 13.8 Å². The lowest BCUT2D eigenvalue weighted by Gasteiger charge is -2.36. The van der Waals surface area contributed by atoms with Gasteiger partial charge >= 0.3 is 6.18 Å². The molecule has 5 heteroatoms. The van der Waals surface area contributed by atoms with Crippen LogP contribution in [0.3, 0.4) is 0 Å². The molecule has 0 bridgehead atoms. The van der Waals surface area contributed by atoms with Gasteiger partial charge in [0.2, 0.25) is 5.91 Å². The Kier molecular flexibility index (Phi) is 2.67. The van der Waals surface area contributed by atoms with Crippen LogP contribution >= 0.6 is 0 Å². The Morgan fingerprint density at radius 3 is 2.47 bits per heavy atom. The SMILES string of the molecule is CC1=CC(C)(C(F)(F)F)C(C(N)=O)C=C1. The molecule has 84 valence electrons. The number of carbonyl (C=O) groups excluding carboxylic acids is 1. The Morgan fingerprint density at radius 1 is 1.53 bits per heavy atom. The molecular formula is C10H12F3NO. The van der Waals surface area contributed by atoms with E-state index in [1.54, 1.807) is 6.92 Å². The minimum atomic E-state index is -4.49. The van der Waals surface area contributed by atoms with E-state index in [0.29, 0.717) is 5.57 Å². The Morgan fingerprint density at radius 2 is 2.07 bits per heavy atom. The molecule has 0 heterocycles. The average molecular weight is 219 g/mol. The lowest BCUT2D eigenvalue weighted by molar-refractivity contribution is -0.212. The molecule has 2 atom stereocenters. The molecule has 1 rings (SSSR count). The first-order chi connectivity index (χ1) is 6.68. The first-order valence-electron chi connectivity index (χ1n) is 4.42. The van der Waals surface area contributed by atoms with Crippen LogP contribution in [0.15, 0.2) is 23.8 Å². The van der Waals surface area contributed by atoms with Gasteiger partial charge in [-0.3, -0.25) is 4.79 Å². The second-order valence-corrected chi connectivity index (χ2v) is 3.91. The molecule has 0 radical (unpaired) electrons. The van der Waals surface area contributed by atoms with Crippen LogP contribution < -0.4 is 5.73 Å². The minimum absolute atomic E-state index is 0.479. The fourth-order valence-corrected chi connectivity index (χ4v) is 1.71. The van der Waals surface area contributed by atoms with Gasteiger partial charge in [-0.15, -0.1) is 0 Å². The van der Waals surface area contributed by atoms with E-state index < -0.39 is 23.4 Å². The van der Waals surface area contributed by atoms with Crippen molar-refractivity contribution in [3.63, 3.8) is 0 Å². The number of allylic oxidation sites excluding steroid dienone is 3. The van der Waals surface area contributed by atoms with Crippen LogP contribution in [0.25, 0.3) is 0 Å². The van der Waals surface area contributed by atoms with E-state index in [9.17, 15) is 18.0 Å². The van der Waals surface area contributed by atoms with Gasteiger partial charge in [0.25, 0.3) is 0 Å². The summed E-state index contributed by atoms with van der Waals surface area (Å²) in [4.78, 5) is 11.0. The zero-order valence-electron chi connectivity index (χ0n) is 8.43. The van der Waals surface area contributed by atoms with Gasteiger partial charge < -0.3 is 5.73 Å². The molecule has 0 aliphatic heterocycles. The highest BCUT2D eigenvalue weighted by Gasteiger charge is 2.56. The highest BCUT2D eigenvalue weighted by atomic mass is 19.4. The molecule has 0 saturated heterocycles. The second-order valence-electron chi connectivity index (χ2n) is 3.91. The Balaban J connectivity index is 3.23. The smallest absolute Gasteiger partial charge is 0.369 e. The summed E-state index contributed by atoms with van der Waals surface area (Å²) in [5.41, 5.74) is 3.25. The molecule has 0 aromatic carbocycles. The van der Waals surface area contributed by atoms with Crippen molar-refractivity contribution < 1.29 is 18.0 Å². The standard InChI is InChI=1S/C10H12F3NO/c1-6-3-4-7(8(14)15)9(2,5-6)10(11,12)13/h3-5,7H,1-2H3,(H2,14,15). The molecule has 1 aliphatic carbocycles. The predicted octanol–water partition coefficient (Wildman–Crippen LogP) is 2.17. The lowest BCUT2D eigenvalue weighted by atomic mass is 9.72. The fourth-order valence-electron chi connectivity index (χ4n) is 1.71. The molecular weight excluding hydrogens is 207 g/mol. The third kappa shape index (κ3) is 1.91. The normalized spacial score (nSPS) is 31.3. The van der Waals surface area contributed by atoms with E-state index in [4.69, 9.17) is 5.73 Å². The number of halogens is 3. The van der Waals surface area contributed by atoms with Crippen molar-refractivity contribution in [3.8, 4) is 0 Å². The van der Waals surface area contributed by atoms with Crippen LogP contribution in [-0.2, 0) is 4.79 Å². The van der Waals surface area contributed by atoms with Gasteiger partial charge in [0, 0.05) is 0 Å². The maximum absolute atomic E-state index is 12.8. The van der Waals surface area contributed by atoms with E-state index in [0.717, 1.165) is 13.0 Å². The van der Waals surface area contributed by atoms with Gasteiger partial charge in [-0.2, -0.15) is 13.2 Å². The summed E-state index contributed by atoms with van der Waals surface area (Å²) in [6.45, 7) is 2.53. The first-order valence-corrected chi connectivity index (χ1v) is 4.42. The number of hydrogen-bond donors (Lipinski definition) is 1. The third-order valence-corrected chi connectivity index (χ3v) is 2.64. The molecule has 0 spiro atoms. The van der Waals surface area contributed by atoms with E-state index in [2.05, 4.69) is 0 Å². The second kappa shape index (κ2) is 3.40. The topological polar surface area (TPSA) is 43.1 Å². The average Bonchev–Trinajstić information content (AvgIpc) is 2.00. The van der Waals surface area contributed by atoms with Crippen LogP contribution in [0.1, 0.15) is 13.8 Å². The molecule has 2 unspecified atom stereocenters. The summed E-state index contributed by atoms with van der Waals surface area (Å²) in [6, 6.07) is 0. The van der Waals surface area contributed by atoms with Crippen molar-refractivity contribution in [3.05, 3.63) is 23.8 Å². The van der Waals surface area contributed by atoms with E-state index in [1.807, 2.05) is 0 Å². The molecule has 0 fully saturated rings. The number of alkyl halides is 3. The third-order valence-electron chi connectivity index (χ3n) is 2.64. The number of amides is 1. The Hall–Kier alpha value is -1.26. The largest absolute Gasteiger partial charge is 0.398 e. The molecule has 2 N–H and O–H groups in total. The maximum Gasteiger partial charge on any atom is 0.398 e. The van der Waals surface area contributed by atoms with Gasteiger partial charge in [0.15, 0.2) is 0 Å². The van der Waals surface area contributed by atoms with E-state index in [1.165, 1.54) is 12.2 Å². The van der Waals surface area contributed by atoms with Crippen molar-refractivity contribution in [1.82, 2.24) is 0 Å². The zero-order chi connectivity index (χ0) is 11.9. The number of carbonyl (C=O) groups is 1. The Labute approximate surface area is 85.6 Å². The number of nitrogens with two attached hydrogens (primary N) is 1. The zero-order valence-corrected chi connectivity index (χ0v) is 8.43. The van der Waals surface area contributed by atoms with Gasteiger partial charge in [0.05, 0.1) is 11.3 Å². The summed E-state index contributed by atoms with van der Waals surface area (Å²) in [6.07, 6.45) is -0.755. The highest BCUT2D eigenvalue weighted by molar-refractivity contribution is 5.80. The van der Waals surface area contributed by atoms with Gasteiger partial charge in [-0.25, -0.2) is 0 Å². The molecule has 1 amide bonds. The van der Waals surface area contributed by atoms with Crippen molar-refractivity contribution in [2.45, 2.75) is 20.0 Å². The minimum Gasteiger partial charge on any atom is -0.369 e. The monoisotopic (exact) mass is 219 g/mol. The van der Waals surface area contributed by atoms with Gasteiger partial charge in [-0.1, -0.05) is 23.8 Å². The summed E-state index contributed by atoms with van der Waals surface area (Å²) in [7, 11) is 0. The van der Waals surface area contributed by atoms with Crippen molar-refractivity contribution in [2.75, 3.05) is 0 Å². The van der Waals surface area contributed by atoms with E-state index >= 15 is 0 Å². The molecule has 0 saturated carbocycles. The molecule has 15 heavy (non-hydrogen) atoms. The van der Waals surface area contributed by atoms with Crippen LogP contribution in [0.5, 0.6) is 0 Å². The number of rotatable bonds is 1. The van der Waals surface area contributed by atoms with Crippen molar-refractivity contribution in [1.29, 1.82) is 0 Å². The lowest BCUT2D eigenvalue weighted by Crippen LogP contribution is -2.46. The van der Waals surface area contributed by atoms with Gasteiger partial charge in [0.1, 0.15) is 0 Å². The van der Waals surface area contributed by atoms with Crippen molar-refractivity contribution in [2.24, 2.45) is 17.1 Å². The number of primary amides is 1. The summed E-state index contributed by atoms with van der Waals surface area (Å²) >= 11 is 0. The fraction of sp³-hybridized carbons (Fsp3) is 0.500. The van der Waals surface area contributed by atoms with E-state index in [-0.39, 0.29) is 0 Å². The summed E-state index contributed by atoms with van der Waals surface area (Å²) < 4.78 is 38.5. The van der Waals surface area contributed by atoms with Crippen LogP contribution in [0.2, 0.25) is 0 Å². The quantitative estimate of drug-likeness (QED) is 0.721. The number of hydrogen-bond acceptors (Lipinski definition) is 1. The first kappa shape index (κ1) is 11.8. The van der Waals surface area contributed by atoms with Crippen molar-refractivity contribution >= 4 is 5.91 Å². The van der Waals surface area contributed by atoms with Crippen LogP contribution in [-0.4, -0.2) is 12.1 Å². The molecule has 2 nitrogen and oxygen atoms in total.